The van der Waals surface area contributed by atoms with Crippen molar-refractivity contribution in [2.45, 2.75) is 32.3 Å². The summed E-state index contributed by atoms with van der Waals surface area (Å²) in [5.41, 5.74) is 0.993. The van der Waals surface area contributed by atoms with Gasteiger partial charge in [0.15, 0.2) is 0 Å². The molecule has 0 amide bonds. The molecule has 0 aliphatic heterocycles. The van der Waals surface area contributed by atoms with Crippen molar-refractivity contribution in [3.05, 3.63) is 30.1 Å². The highest BCUT2D eigenvalue weighted by atomic mass is 16.5. The van der Waals surface area contributed by atoms with Crippen LogP contribution in [0.4, 0.5) is 0 Å². The topological polar surface area (TPSA) is 59.4 Å². The summed E-state index contributed by atoms with van der Waals surface area (Å²) in [6, 6.07) is 5.77. The number of aliphatic carboxylic acids is 1. The Kier molecular flexibility index (Phi) is 5.50. The minimum atomic E-state index is -0.778. The summed E-state index contributed by atoms with van der Waals surface area (Å²) in [6.07, 6.45) is 3.21. The molecular weight excluding hydrogens is 206 g/mol. The molecule has 88 valence electrons. The lowest BCUT2D eigenvalue weighted by Crippen LogP contribution is -2.12. The van der Waals surface area contributed by atoms with E-state index in [-0.39, 0.29) is 12.5 Å². The smallest absolute Gasteiger partial charge is 0.303 e. The third-order valence-corrected chi connectivity index (χ3v) is 2.25. The fourth-order valence-corrected chi connectivity index (χ4v) is 1.32. The molecule has 0 saturated heterocycles. The summed E-state index contributed by atoms with van der Waals surface area (Å²) in [6.45, 7) is 2.47. The molecule has 0 bridgehead atoms. The van der Waals surface area contributed by atoms with E-state index in [1.807, 2.05) is 25.1 Å². The fraction of sp³-hybridized carbons (Fsp3) is 0.500. The second-order valence-electron chi connectivity index (χ2n) is 3.68. The fourth-order valence-electron chi connectivity index (χ4n) is 1.32. The van der Waals surface area contributed by atoms with Gasteiger partial charge < -0.3 is 9.84 Å². The van der Waals surface area contributed by atoms with Crippen LogP contribution in [-0.2, 0) is 16.0 Å². The second kappa shape index (κ2) is 6.95. The predicted molar refractivity (Wildman–Crippen MR) is 60.2 cm³/mol. The SMILES string of the molecule is CC(CCC(=O)O)OCCc1ccccn1. The molecule has 0 aliphatic rings. The van der Waals surface area contributed by atoms with Crippen molar-refractivity contribution in [2.24, 2.45) is 0 Å². The monoisotopic (exact) mass is 223 g/mol. The molecule has 1 aromatic heterocycles. The molecule has 0 aliphatic carbocycles. The molecule has 1 unspecified atom stereocenters. The molecule has 0 radical (unpaired) electrons. The summed E-state index contributed by atoms with van der Waals surface area (Å²) in [4.78, 5) is 14.5. The molecule has 0 fully saturated rings. The number of aromatic nitrogens is 1. The van der Waals surface area contributed by atoms with E-state index >= 15 is 0 Å². The number of hydrogen-bond donors (Lipinski definition) is 1. The average Bonchev–Trinajstić information content (AvgIpc) is 2.28. The van der Waals surface area contributed by atoms with E-state index in [1.54, 1.807) is 6.20 Å². The van der Waals surface area contributed by atoms with E-state index in [9.17, 15) is 4.79 Å². The molecule has 1 N–H and O–H groups in total. The van der Waals surface area contributed by atoms with Crippen LogP contribution in [0.2, 0.25) is 0 Å². The summed E-state index contributed by atoms with van der Waals surface area (Å²) in [5.74, 6) is -0.778. The molecule has 1 atom stereocenters. The Hall–Kier alpha value is -1.42. The van der Waals surface area contributed by atoms with Crippen LogP contribution in [-0.4, -0.2) is 28.8 Å². The van der Waals surface area contributed by atoms with Crippen molar-refractivity contribution >= 4 is 5.97 Å². The van der Waals surface area contributed by atoms with E-state index in [0.717, 1.165) is 12.1 Å². The number of ether oxygens (including phenoxy) is 1. The van der Waals surface area contributed by atoms with Gasteiger partial charge in [0.05, 0.1) is 12.7 Å². The van der Waals surface area contributed by atoms with Crippen LogP contribution in [0.5, 0.6) is 0 Å². The van der Waals surface area contributed by atoms with Gasteiger partial charge in [-0.15, -0.1) is 0 Å². The molecule has 1 heterocycles. The summed E-state index contributed by atoms with van der Waals surface area (Å²) >= 11 is 0. The van der Waals surface area contributed by atoms with Crippen LogP contribution in [0, 0.1) is 0 Å². The van der Waals surface area contributed by atoms with Gasteiger partial charge in [-0.05, 0) is 25.5 Å². The first-order valence-electron chi connectivity index (χ1n) is 5.42. The van der Waals surface area contributed by atoms with Gasteiger partial charge in [-0.3, -0.25) is 9.78 Å². The van der Waals surface area contributed by atoms with Crippen LogP contribution < -0.4 is 0 Å². The molecule has 16 heavy (non-hydrogen) atoms. The van der Waals surface area contributed by atoms with Gasteiger partial charge in [0.2, 0.25) is 0 Å². The molecule has 4 nitrogen and oxygen atoms in total. The summed E-state index contributed by atoms with van der Waals surface area (Å²) in [7, 11) is 0. The Morgan fingerprint density at radius 1 is 1.56 bits per heavy atom. The molecule has 4 heteroatoms. The number of hydrogen-bond acceptors (Lipinski definition) is 3. The molecular formula is C12H17NO3. The second-order valence-corrected chi connectivity index (χ2v) is 3.68. The highest BCUT2D eigenvalue weighted by molar-refractivity contribution is 5.66. The predicted octanol–water partition coefficient (Wildman–Crippen LogP) is 1.89. The van der Waals surface area contributed by atoms with Crippen molar-refractivity contribution in [1.29, 1.82) is 0 Å². The first kappa shape index (κ1) is 12.6. The number of carbonyl (C=O) groups is 1. The van der Waals surface area contributed by atoms with Crippen LogP contribution in [0.25, 0.3) is 0 Å². The number of pyridine rings is 1. The average molecular weight is 223 g/mol. The third-order valence-electron chi connectivity index (χ3n) is 2.25. The largest absolute Gasteiger partial charge is 0.481 e. The van der Waals surface area contributed by atoms with Crippen LogP contribution >= 0.6 is 0 Å². The van der Waals surface area contributed by atoms with Gasteiger partial charge in [-0.2, -0.15) is 0 Å². The van der Waals surface area contributed by atoms with Crippen LogP contribution in [0.3, 0.4) is 0 Å². The third kappa shape index (κ3) is 5.46. The highest BCUT2D eigenvalue weighted by Gasteiger charge is 2.05. The number of nitrogens with zero attached hydrogens (tertiary/aromatic N) is 1. The van der Waals surface area contributed by atoms with Crippen molar-refractivity contribution < 1.29 is 14.6 Å². The Morgan fingerprint density at radius 2 is 2.38 bits per heavy atom. The maximum Gasteiger partial charge on any atom is 0.303 e. The van der Waals surface area contributed by atoms with Gasteiger partial charge in [-0.25, -0.2) is 0 Å². The first-order valence-corrected chi connectivity index (χ1v) is 5.42. The molecule has 0 aromatic carbocycles. The molecule has 1 aromatic rings. The van der Waals surface area contributed by atoms with E-state index in [0.29, 0.717) is 13.0 Å². The van der Waals surface area contributed by atoms with E-state index in [1.165, 1.54) is 0 Å². The van der Waals surface area contributed by atoms with Gasteiger partial charge in [0, 0.05) is 24.7 Å². The van der Waals surface area contributed by atoms with Gasteiger partial charge in [0.1, 0.15) is 0 Å². The van der Waals surface area contributed by atoms with Crippen molar-refractivity contribution in [3.8, 4) is 0 Å². The lowest BCUT2D eigenvalue weighted by Gasteiger charge is -2.11. The number of carboxylic acids is 1. The number of carboxylic acid groups (broad SMARTS) is 1. The maximum absolute atomic E-state index is 10.3. The minimum absolute atomic E-state index is 0.0141. The molecule has 1 rings (SSSR count). The quantitative estimate of drug-likeness (QED) is 0.767. The van der Waals surface area contributed by atoms with E-state index in [2.05, 4.69) is 4.98 Å². The lowest BCUT2D eigenvalue weighted by atomic mass is 10.2. The zero-order valence-electron chi connectivity index (χ0n) is 9.43. The van der Waals surface area contributed by atoms with Crippen LogP contribution in [0.15, 0.2) is 24.4 Å². The number of rotatable bonds is 7. The lowest BCUT2D eigenvalue weighted by molar-refractivity contribution is -0.137. The summed E-state index contributed by atoms with van der Waals surface area (Å²) < 4.78 is 5.49. The first-order chi connectivity index (χ1) is 7.68. The zero-order chi connectivity index (χ0) is 11.8. The standard InChI is InChI=1S/C12H17NO3/c1-10(5-6-12(14)15)16-9-7-11-4-2-3-8-13-11/h2-4,8,10H,5-7,9H2,1H3,(H,14,15). The Morgan fingerprint density at radius 3 is 3.00 bits per heavy atom. The van der Waals surface area contributed by atoms with E-state index < -0.39 is 5.97 Å². The Labute approximate surface area is 95.3 Å². The highest BCUT2D eigenvalue weighted by Crippen LogP contribution is 2.03. The van der Waals surface area contributed by atoms with Crippen LogP contribution in [0.1, 0.15) is 25.5 Å². The van der Waals surface area contributed by atoms with Gasteiger partial charge >= 0.3 is 5.97 Å². The van der Waals surface area contributed by atoms with E-state index in [4.69, 9.17) is 9.84 Å². The zero-order valence-corrected chi connectivity index (χ0v) is 9.43. The summed E-state index contributed by atoms with van der Waals surface area (Å²) in [5, 5.41) is 8.50. The van der Waals surface area contributed by atoms with Crippen molar-refractivity contribution in [3.63, 3.8) is 0 Å². The van der Waals surface area contributed by atoms with Crippen molar-refractivity contribution in [1.82, 2.24) is 4.98 Å². The minimum Gasteiger partial charge on any atom is -0.481 e. The van der Waals surface area contributed by atoms with Crippen molar-refractivity contribution in [2.75, 3.05) is 6.61 Å². The Balaban J connectivity index is 2.13. The molecule has 0 spiro atoms. The Bertz CT molecular complexity index is 313. The maximum atomic E-state index is 10.3. The van der Waals surface area contributed by atoms with Gasteiger partial charge in [0.25, 0.3) is 0 Å². The van der Waals surface area contributed by atoms with Gasteiger partial charge in [-0.1, -0.05) is 6.07 Å². The normalized spacial score (nSPS) is 12.3. The molecule has 0 saturated carbocycles.